The molecule has 1 aliphatic rings. The first kappa shape index (κ1) is 16.2. The van der Waals surface area contributed by atoms with Crippen LogP contribution in [0.4, 0.5) is 11.4 Å². The number of anilines is 2. The Labute approximate surface area is 143 Å². The summed E-state index contributed by atoms with van der Waals surface area (Å²) in [6.07, 6.45) is 0.407. The van der Waals surface area contributed by atoms with E-state index in [1.54, 1.807) is 30.3 Å². The quantitative estimate of drug-likeness (QED) is 0.868. The molecule has 0 fully saturated rings. The molecule has 0 aliphatic carbocycles. The van der Waals surface area contributed by atoms with Crippen LogP contribution in [0.5, 0.6) is 0 Å². The summed E-state index contributed by atoms with van der Waals surface area (Å²) in [5.74, 6) is 0.560. The van der Waals surface area contributed by atoms with Crippen LogP contribution < -0.4 is 10.0 Å². The molecular weight excluding hydrogens is 356 g/mol. The van der Waals surface area contributed by atoms with Crippen LogP contribution in [0.3, 0.4) is 0 Å². The maximum atomic E-state index is 12.5. The molecule has 23 heavy (non-hydrogen) atoms. The topological polar surface area (TPSA) is 75.3 Å². The maximum absolute atomic E-state index is 12.5. The van der Waals surface area contributed by atoms with Crippen molar-refractivity contribution in [3.8, 4) is 0 Å². The first-order chi connectivity index (χ1) is 10.9. The molecule has 0 atom stereocenters. The summed E-state index contributed by atoms with van der Waals surface area (Å²) in [5, 5.41) is 3.26. The lowest BCUT2D eigenvalue weighted by atomic mass is 10.3. The first-order valence-electron chi connectivity index (χ1n) is 6.79. The van der Waals surface area contributed by atoms with Crippen molar-refractivity contribution >= 4 is 50.7 Å². The number of carbonyl (C=O) groups is 1. The van der Waals surface area contributed by atoms with E-state index < -0.39 is 10.0 Å². The highest BCUT2D eigenvalue weighted by atomic mass is 35.5. The van der Waals surface area contributed by atoms with Gasteiger partial charge < -0.3 is 5.32 Å². The second kappa shape index (κ2) is 6.43. The number of halogens is 1. The average Bonchev–Trinajstić information content (AvgIpc) is 2.69. The molecule has 8 heteroatoms. The summed E-state index contributed by atoms with van der Waals surface area (Å²) >= 11 is 7.31. The number of thioether (sulfide) groups is 1. The van der Waals surface area contributed by atoms with Crippen molar-refractivity contribution in [1.82, 2.24) is 0 Å². The van der Waals surface area contributed by atoms with Gasteiger partial charge in [-0.05, 0) is 42.5 Å². The van der Waals surface area contributed by atoms with Crippen molar-refractivity contribution in [3.63, 3.8) is 0 Å². The fraction of sp³-hybridized carbons (Fsp3) is 0.133. The van der Waals surface area contributed by atoms with Crippen LogP contribution in [0.1, 0.15) is 6.42 Å². The molecule has 0 saturated carbocycles. The van der Waals surface area contributed by atoms with Gasteiger partial charge in [0.05, 0.1) is 10.6 Å². The normalized spacial score (nSPS) is 14.6. The smallest absolute Gasteiger partial charge is 0.261 e. The highest BCUT2D eigenvalue weighted by Crippen LogP contribution is 2.33. The zero-order valence-corrected chi connectivity index (χ0v) is 14.3. The van der Waals surface area contributed by atoms with Crippen molar-refractivity contribution in [2.45, 2.75) is 16.2 Å². The first-order valence-corrected chi connectivity index (χ1v) is 9.64. The molecule has 0 spiro atoms. The van der Waals surface area contributed by atoms with E-state index in [1.807, 2.05) is 0 Å². The van der Waals surface area contributed by atoms with Crippen LogP contribution in [-0.2, 0) is 14.8 Å². The monoisotopic (exact) mass is 368 g/mol. The van der Waals surface area contributed by atoms with Crippen LogP contribution >= 0.6 is 23.4 Å². The Morgan fingerprint density at radius 1 is 1.13 bits per heavy atom. The van der Waals surface area contributed by atoms with Crippen molar-refractivity contribution in [2.75, 3.05) is 15.8 Å². The molecule has 5 nitrogen and oxygen atoms in total. The molecule has 2 aromatic carbocycles. The van der Waals surface area contributed by atoms with Crippen molar-refractivity contribution in [2.24, 2.45) is 0 Å². The van der Waals surface area contributed by atoms with Gasteiger partial charge in [0, 0.05) is 27.8 Å². The molecule has 2 N–H and O–H groups in total. The van der Waals surface area contributed by atoms with Crippen LogP contribution in [0.2, 0.25) is 5.02 Å². The number of hydrogen-bond donors (Lipinski definition) is 2. The molecule has 120 valence electrons. The molecule has 0 bridgehead atoms. The highest BCUT2D eigenvalue weighted by molar-refractivity contribution is 7.99. The molecule has 1 heterocycles. The lowest BCUT2D eigenvalue weighted by molar-refractivity contribution is -0.115. The number of carbonyl (C=O) groups excluding carboxylic acids is 1. The summed E-state index contributed by atoms with van der Waals surface area (Å²) in [6.45, 7) is 0. The van der Waals surface area contributed by atoms with Gasteiger partial charge in [-0.15, -0.1) is 11.8 Å². The minimum absolute atomic E-state index is 0.0917. The predicted molar refractivity (Wildman–Crippen MR) is 92.7 cm³/mol. The summed E-state index contributed by atoms with van der Waals surface area (Å²) < 4.78 is 27.4. The van der Waals surface area contributed by atoms with E-state index in [9.17, 15) is 13.2 Å². The number of sulfonamides is 1. The van der Waals surface area contributed by atoms with Gasteiger partial charge >= 0.3 is 0 Å². The van der Waals surface area contributed by atoms with E-state index in [2.05, 4.69) is 10.0 Å². The van der Waals surface area contributed by atoms with E-state index in [0.29, 0.717) is 28.6 Å². The zero-order chi connectivity index (χ0) is 16.4. The molecule has 1 aliphatic heterocycles. The Morgan fingerprint density at radius 3 is 2.61 bits per heavy atom. The number of rotatable bonds is 3. The third kappa shape index (κ3) is 3.80. The number of hydrogen-bond acceptors (Lipinski definition) is 4. The fourth-order valence-electron chi connectivity index (χ4n) is 2.10. The van der Waals surface area contributed by atoms with Gasteiger partial charge in [-0.25, -0.2) is 8.42 Å². The minimum Gasteiger partial charge on any atom is -0.325 e. The number of fused-ring (bicyclic) bond motifs is 1. The van der Waals surface area contributed by atoms with Crippen LogP contribution in [0.25, 0.3) is 0 Å². The molecule has 3 rings (SSSR count). The summed E-state index contributed by atoms with van der Waals surface area (Å²) in [7, 11) is -3.74. The number of amides is 1. The summed E-state index contributed by atoms with van der Waals surface area (Å²) in [6, 6.07) is 11.1. The Bertz CT molecular complexity index is 852. The van der Waals surface area contributed by atoms with Crippen LogP contribution in [0.15, 0.2) is 52.3 Å². The second-order valence-corrected chi connectivity index (χ2v) is 8.17. The van der Waals surface area contributed by atoms with Gasteiger partial charge in [-0.2, -0.15) is 0 Å². The maximum Gasteiger partial charge on any atom is 0.261 e. The highest BCUT2D eigenvalue weighted by Gasteiger charge is 2.19. The Kier molecular flexibility index (Phi) is 4.52. The number of nitrogens with one attached hydrogen (secondary N) is 2. The van der Waals surface area contributed by atoms with Gasteiger partial charge in [0.25, 0.3) is 10.0 Å². The van der Waals surface area contributed by atoms with Gasteiger partial charge in [-0.1, -0.05) is 11.6 Å². The standard InChI is InChI=1S/C15H13ClN2O3S2/c16-10-1-3-11(4-2-10)18-23(20,21)12-5-6-14-13(9-12)17-15(19)7-8-22-14/h1-6,9,18H,7-8H2,(H,17,19). The predicted octanol–water partition coefficient (Wildman–Crippen LogP) is 3.58. The van der Waals surface area contributed by atoms with Gasteiger partial charge in [0.1, 0.15) is 0 Å². The lowest BCUT2D eigenvalue weighted by Crippen LogP contribution is -2.14. The fourth-order valence-corrected chi connectivity index (χ4v) is 4.25. The molecule has 0 unspecified atom stereocenters. The van der Waals surface area contributed by atoms with E-state index in [1.165, 1.54) is 23.9 Å². The Morgan fingerprint density at radius 2 is 1.87 bits per heavy atom. The van der Waals surface area contributed by atoms with Crippen LogP contribution in [0, 0.1) is 0 Å². The molecule has 2 aromatic rings. The van der Waals surface area contributed by atoms with E-state index in [0.717, 1.165) is 4.90 Å². The second-order valence-electron chi connectivity index (χ2n) is 4.92. The third-order valence-electron chi connectivity index (χ3n) is 3.22. The molecule has 0 aromatic heterocycles. The molecule has 0 radical (unpaired) electrons. The van der Waals surface area contributed by atoms with E-state index in [4.69, 9.17) is 11.6 Å². The SMILES string of the molecule is O=C1CCSc2ccc(S(=O)(=O)Nc3ccc(Cl)cc3)cc2N1. The van der Waals surface area contributed by atoms with E-state index >= 15 is 0 Å². The van der Waals surface area contributed by atoms with Crippen molar-refractivity contribution in [3.05, 3.63) is 47.5 Å². The Hall–Kier alpha value is -1.70. The van der Waals surface area contributed by atoms with Gasteiger partial charge in [0.15, 0.2) is 0 Å². The molecule has 0 saturated heterocycles. The summed E-state index contributed by atoms with van der Waals surface area (Å²) in [5.41, 5.74) is 0.944. The van der Waals surface area contributed by atoms with E-state index in [-0.39, 0.29) is 10.8 Å². The van der Waals surface area contributed by atoms with Gasteiger partial charge in [0.2, 0.25) is 5.91 Å². The lowest BCUT2D eigenvalue weighted by Gasteiger charge is -2.11. The largest absolute Gasteiger partial charge is 0.325 e. The van der Waals surface area contributed by atoms with Crippen LogP contribution in [-0.4, -0.2) is 20.1 Å². The Balaban J connectivity index is 1.91. The van der Waals surface area contributed by atoms with Crippen molar-refractivity contribution < 1.29 is 13.2 Å². The molecular formula is C15H13ClN2O3S2. The average molecular weight is 369 g/mol. The van der Waals surface area contributed by atoms with Gasteiger partial charge in [-0.3, -0.25) is 9.52 Å². The summed E-state index contributed by atoms with van der Waals surface area (Å²) in [4.78, 5) is 12.6. The number of benzene rings is 2. The molecule has 1 amide bonds. The zero-order valence-electron chi connectivity index (χ0n) is 11.9. The van der Waals surface area contributed by atoms with Crippen molar-refractivity contribution in [1.29, 1.82) is 0 Å². The minimum atomic E-state index is -3.74. The third-order valence-corrected chi connectivity index (χ3v) is 5.92.